The molecule has 0 saturated carbocycles. The number of pyridine rings is 1. The van der Waals surface area contributed by atoms with E-state index in [0.29, 0.717) is 0 Å². The fourth-order valence-corrected chi connectivity index (χ4v) is 8.07. The van der Waals surface area contributed by atoms with E-state index in [4.69, 9.17) is 0 Å². The Hall–Kier alpha value is -6.29. The molecule has 0 spiro atoms. The highest BCUT2D eigenvalue weighted by atomic mass is 32.1. The van der Waals surface area contributed by atoms with Gasteiger partial charge < -0.3 is 4.90 Å². The molecule has 2 aromatic heterocycles. The van der Waals surface area contributed by atoms with Crippen LogP contribution in [0.3, 0.4) is 0 Å². The molecule has 236 valence electrons. The van der Waals surface area contributed by atoms with Crippen LogP contribution in [0.15, 0.2) is 194 Å². The summed E-state index contributed by atoms with van der Waals surface area (Å²) in [4.78, 5) is 6.66. The van der Waals surface area contributed by atoms with E-state index >= 15 is 0 Å². The normalized spacial score (nSPS) is 11.2. The van der Waals surface area contributed by atoms with Crippen LogP contribution >= 0.6 is 11.3 Å². The van der Waals surface area contributed by atoms with Crippen LogP contribution < -0.4 is 4.90 Å². The average molecular weight is 657 g/mol. The van der Waals surface area contributed by atoms with Gasteiger partial charge in [-0.2, -0.15) is 0 Å². The molecule has 0 aliphatic carbocycles. The van der Waals surface area contributed by atoms with Gasteiger partial charge in [0.15, 0.2) is 0 Å². The van der Waals surface area contributed by atoms with Crippen LogP contribution in [0.1, 0.15) is 0 Å². The minimum atomic E-state index is 1.12. The lowest BCUT2D eigenvalue weighted by Gasteiger charge is -2.26. The minimum absolute atomic E-state index is 1.12. The number of para-hydroxylation sites is 1. The number of benzene rings is 7. The maximum atomic E-state index is 4.35. The molecule has 0 aliphatic rings. The maximum absolute atomic E-state index is 4.35. The first-order valence-corrected chi connectivity index (χ1v) is 17.7. The van der Waals surface area contributed by atoms with E-state index in [-0.39, 0.29) is 0 Å². The van der Waals surface area contributed by atoms with E-state index in [2.05, 4.69) is 192 Å². The van der Waals surface area contributed by atoms with Gasteiger partial charge in [0.25, 0.3) is 0 Å². The molecule has 0 atom stereocenters. The molecule has 9 rings (SSSR count). The summed E-state index contributed by atoms with van der Waals surface area (Å²) in [5.41, 5.74) is 13.1. The zero-order valence-electron chi connectivity index (χ0n) is 27.3. The van der Waals surface area contributed by atoms with Crippen molar-refractivity contribution in [1.82, 2.24) is 4.98 Å². The fourth-order valence-electron chi connectivity index (χ4n) is 6.86. The zero-order chi connectivity index (χ0) is 33.3. The topological polar surface area (TPSA) is 16.1 Å². The molecule has 50 heavy (non-hydrogen) atoms. The van der Waals surface area contributed by atoms with Crippen molar-refractivity contribution in [3.63, 3.8) is 0 Å². The molecule has 0 N–H and O–H groups in total. The Morgan fingerprint density at radius 2 is 0.880 bits per heavy atom. The lowest BCUT2D eigenvalue weighted by Crippen LogP contribution is -2.09. The van der Waals surface area contributed by atoms with Gasteiger partial charge in [0.1, 0.15) is 0 Å². The van der Waals surface area contributed by atoms with Crippen LogP contribution in [0.2, 0.25) is 0 Å². The maximum Gasteiger partial charge on any atom is 0.0538 e. The van der Waals surface area contributed by atoms with E-state index < -0.39 is 0 Å². The van der Waals surface area contributed by atoms with Crippen molar-refractivity contribution >= 4 is 48.6 Å². The molecule has 0 unspecified atom stereocenters. The summed E-state index contributed by atoms with van der Waals surface area (Å²) in [5.74, 6) is 0. The number of anilines is 3. The van der Waals surface area contributed by atoms with Gasteiger partial charge in [-0.05, 0) is 93.0 Å². The number of rotatable bonds is 7. The van der Waals surface area contributed by atoms with Crippen molar-refractivity contribution < 1.29 is 0 Å². The summed E-state index contributed by atoms with van der Waals surface area (Å²) in [6.45, 7) is 0. The second-order valence-electron chi connectivity index (χ2n) is 12.4. The molecule has 9 aromatic rings. The van der Waals surface area contributed by atoms with Gasteiger partial charge in [-0.25, -0.2) is 0 Å². The first-order valence-electron chi connectivity index (χ1n) is 16.9. The molecule has 0 radical (unpaired) electrons. The number of nitrogens with zero attached hydrogens (tertiary/aromatic N) is 2. The summed E-state index contributed by atoms with van der Waals surface area (Å²) < 4.78 is 2.53. The Labute approximate surface area is 296 Å². The highest BCUT2D eigenvalue weighted by Crippen LogP contribution is 2.41. The number of hydrogen-bond donors (Lipinski definition) is 0. The van der Waals surface area contributed by atoms with Crippen molar-refractivity contribution in [1.29, 1.82) is 0 Å². The number of aromatic nitrogens is 1. The molecule has 0 fully saturated rings. The van der Waals surface area contributed by atoms with Crippen LogP contribution in [0.25, 0.3) is 64.7 Å². The summed E-state index contributed by atoms with van der Waals surface area (Å²) in [5, 5.41) is 2.56. The zero-order valence-corrected chi connectivity index (χ0v) is 28.1. The lowest BCUT2D eigenvalue weighted by molar-refractivity contribution is 1.28. The smallest absolute Gasteiger partial charge is 0.0538 e. The van der Waals surface area contributed by atoms with Gasteiger partial charge in [-0.15, -0.1) is 11.3 Å². The van der Waals surface area contributed by atoms with Crippen LogP contribution in [0.5, 0.6) is 0 Å². The average Bonchev–Trinajstić information content (AvgIpc) is 3.59. The molecule has 0 bridgehead atoms. The van der Waals surface area contributed by atoms with Gasteiger partial charge in [-0.3, -0.25) is 4.98 Å². The second-order valence-corrected chi connectivity index (χ2v) is 13.5. The molecule has 0 amide bonds. The molecule has 7 aromatic carbocycles. The first kappa shape index (κ1) is 29.8. The first-order chi connectivity index (χ1) is 24.8. The number of thiophene rings is 1. The third kappa shape index (κ3) is 5.64. The molecular formula is C47H32N2S. The van der Waals surface area contributed by atoms with Crippen LogP contribution in [0, 0.1) is 0 Å². The van der Waals surface area contributed by atoms with Crippen molar-refractivity contribution in [3.8, 4) is 44.5 Å². The third-order valence-corrected chi connectivity index (χ3v) is 10.6. The van der Waals surface area contributed by atoms with E-state index in [0.717, 1.165) is 17.1 Å². The molecular weight excluding hydrogens is 625 g/mol. The van der Waals surface area contributed by atoms with Gasteiger partial charge >= 0.3 is 0 Å². The number of fused-ring (bicyclic) bond motifs is 3. The van der Waals surface area contributed by atoms with Crippen molar-refractivity contribution in [2.45, 2.75) is 0 Å². The second kappa shape index (κ2) is 13.0. The van der Waals surface area contributed by atoms with Crippen LogP contribution in [0.4, 0.5) is 17.1 Å². The lowest BCUT2D eigenvalue weighted by atomic mass is 9.96. The Morgan fingerprint density at radius 1 is 0.380 bits per heavy atom. The predicted octanol–water partition coefficient (Wildman–Crippen LogP) is 13.6. The molecule has 0 aliphatic heterocycles. The number of hydrogen-bond acceptors (Lipinski definition) is 3. The summed E-state index contributed by atoms with van der Waals surface area (Å²) in [7, 11) is 0. The van der Waals surface area contributed by atoms with Crippen molar-refractivity contribution in [2.75, 3.05) is 4.90 Å². The standard InChI is InChI=1S/C47H32N2S/c1-3-9-33(10-4-1)35-21-25-41(26-22-35)49(40-13-5-2-6-14-40)42-27-23-36(24-28-42)34-17-19-37(20-18-34)38-11-7-12-39(31-38)43-15-8-16-45-44-29-30-48-32-46(44)50-47(43)45/h1-32H. The van der Waals surface area contributed by atoms with Crippen molar-refractivity contribution in [3.05, 3.63) is 194 Å². The Morgan fingerprint density at radius 3 is 1.54 bits per heavy atom. The summed E-state index contributed by atoms with van der Waals surface area (Å²) in [6, 6.07) is 65.3. The Kier molecular flexibility index (Phi) is 7.73. The van der Waals surface area contributed by atoms with Gasteiger partial charge in [0.2, 0.25) is 0 Å². The molecule has 2 nitrogen and oxygen atoms in total. The van der Waals surface area contributed by atoms with Crippen molar-refractivity contribution in [2.24, 2.45) is 0 Å². The van der Waals surface area contributed by atoms with Gasteiger partial charge in [0, 0.05) is 44.9 Å². The Bertz CT molecular complexity index is 2550. The quantitative estimate of drug-likeness (QED) is 0.170. The molecule has 2 heterocycles. The molecule has 0 saturated heterocycles. The fraction of sp³-hybridized carbons (Fsp3) is 0. The van der Waals surface area contributed by atoms with E-state index in [1.54, 1.807) is 0 Å². The summed E-state index contributed by atoms with van der Waals surface area (Å²) >= 11 is 1.82. The highest BCUT2D eigenvalue weighted by molar-refractivity contribution is 7.26. The Balaban J connectivity index is 0.991. The van der Waals surface area contributed by atoms with Gasteiger partial charge in [-0.1, -0.05) is 133 Å². The van der Waals surface area contributed by atoms with E-state index in [1.165, 1.54) is 64.7 Å². The third-order valence-electron chi connectivity index (χ3n) is 9.40. The van der Waals surface area contributed by atoms with E-state index in [9.17, 15) is 0 Å². The van der Waals surface area contributed by atoms with E-state index in [1.807, 2.05) is 23.7 Å². The summed E-state index contributed by atoms with van der Waals surface area (Å²) in [6.07, 6.45) is 3.85. The largest absolute Gasteiger partial charge is 0.311 e. The minimum Gasteiger partial charge on any atom is -0.311 e. The monoisotopic (exact) mass is 656 g/mol. The molecule has 3 heteroatoms. The van der Waals surface area contributed by atoms with Crippen LogP contribution in [-0.2, 0) is 0 Å². The highest BCUT2D eigenvalue weighted by Gasteiger charge is 2.14. The van der Waals surface area contributed by atoms with Gasteiger partial charge in [0.05, 0.1) is 4.70 Å². The van der Waals surface area contributed by atoms with Crippen LogP contribution in [-0.4, -0.2) is 4.98 Å². The predicted molar refractivity (Wildman–Crippen MR) is 214 cm³/mol. The SMILES string of the molecule is c1ccc(-c2ccc(N(c3ccccc3)c3ccc(-c4ccc(-c5cccc(-c6cccc7c6sc6cnccc67)c5)cc4)cc3)cc2)cc1.